The molecule has 0 aliphatic carbocycles. The van der Waals surface area contributed by atoms with Crippen molar-refractivity contribution >= 4 is 5.91 Å². The summed E-state index contributed by atoms with van der Waals surface area (Å²) in [6, 6.07) is 10.8. The van der Waals surface area contributed by atoms with E-state index >= 15 is 0 Å². The first kappa shape index (κ1) is 15.1. The van der Waals surface area contributed by atoms with Gasteiger partial charge in [-0.2, -0.15) is 0 Å². The zero-order chi connectivity index (χ0) is 15.1. The second-order valence-electron chi connectivity index (χ2n) is 4.72. The molecule has 1 aromatic heterocycles. The van der Waals surface area contributed by atoms with Crippen molar-refractivity contribution in [1.29, 1.82) is 0 Å². The van der Waals surface area contributed by atoms with Gasteiger partial charge in [0, 0.05) is 25.3 Å². The van der Waals surface area contributed by atoms with Gasteiger partial charge in [0.1, 0.15) is 5.82 Å². The molecule has 0 aliphatic heterocycles. The number of aliphatic hydroxyl groups is 1. The maximum Gasteiger partial charge on any atom is 0.252 e. The number of halogens is 1. The van der Waals surface area contributed by atoms with Crippen molar-refractivity contribution in [3.63, 3.8) is 0 Å². The third-order valence-corrected chi connectivity index (χ3v) is 3.22. The largest absolute Gasteiger partial charge is 0.396 e. The lowest BCUT2D eigenvalue weighted by Gasteiger charge is -2.17. The second-order valence-corrected chi connectivity index (χ2v) is 4.72. The minimum atomic E-state index is -0.544. The van der Waals surface area contributed by atoms with Crippen LogP contribution in [0.2, 0.25) is 0 Å². The van der Waals surface area contributed by atoms with Crippen molar-refractivity contribution < 1.29 is 14.3 Å². The minimum Gasteiger partial charge on any atom is -0.396 e. The summed E-state index contributed by atoms with van der Waals surface area (Å²) in [5, 5.41) is 11.9. The van der Waals surface area contributed by atoms with Gasteiger partial charge in [0.15, 0.2) is 0 Å². The molecule has 1 aromatic carbocycles. The quantitative estimate of drug-likeness (QED) is 0.856. The standard InChI is InChI=1S/C16H17FN2O2/c17-15-8-14(9-18-11-15)16(21)19-10-13(6-7-20)12-4-2-1-3-5-12/h1-5,8-9,11,13,20H,6-7,10H2,(H,19,21). The zero-order valence-electron chi connectivity index (χ0n) is 11.5. The van der Waals surface area contributed by atoms with Crippen molar-refractivity contribution in [2.75, 3.05) is 13.2 Å². The predicted molar refractivity (Wildman–Crippen MR) is 77.4 cm³/mol. The molecule has 0 aliphatic rings. The normalized spacial score (nSPS) is 11.9. The van der Waals surface area contributed by atoms with Crippen LogP contribution in [-0.2, 0) is 0 Å². The van der Waals surface area contributed by atoms with E-state index in [1.165, 1.54) is 6.20 Å². The summed E-state index contributed by atoms with van der Waals surface area (Å²) in [7, 11) is 0. The van der Waals surface area contributed by atoms with E-state index in [2.05, 4.69) is 10.3 Å². The Labute approximate surface area is 122 Å². The Bertz CT molecular complexity index is 590. The molecule has 4 nitrogen and oxygen atoms in total. The molecule has 5 heteroatoms. The number of pyridine rings is 1. The molecule has 1 heterocycles. The number of carbonyl (C=O) groups is 1. The number of hydrogen-bond acceptors (Lipinski definition) is 3. The van der Waals surface area contributed by atoms with E-state index < -0.39 is 5.82 Å². The Morgan fingerprint density at radius 1 is 1.29 bits per heavy atom. The maximum absolute atomic E-state index is 13.0. The van der Waals surface area contributed by atoms with Crippen LogP contribution in [0.1, 0.15) is 28.3 Å². The summed E-state index contributed by atoms with van der Waals surface area (Å²) >= 11 is 0. The van der Waals surface area contributed by atoms with Gasteiger partial charge in [-0.1, -0.05) is 30.3 Å². The van der Waals surface area contributed by atoms with Gasteiger partial charge >= 0.3 is 0 Å². The zero-order valence-corrected chi connectivity index (χ0v) is 11.5. The van der Waals surface area contributed by atoms with Crippen LogP contribution in [0.3, 0.4) is 0 Å². The van der Waals surface area contributed by atoms with Crippen LogP contribution in [-0.4, -0.2) is 29.1 Å². The number of nitrogens with one attached hydrogen (secondary N) is 1. The first-order chi connectivity index (χ1) is 10.2. The third kappa shape index (κ3) is 4.36. The SMILES string of the molecule is O=C(NCC(CCO)c1ccccc1)c1cncc(F)c1. The summed E-state index contributed by atoms with van der Waals surface area (Å²) in [6.45, 7) is 0.414. The molecule has 0 radical (unpaired) electrons. The second kappa shape index (κ2) is 7.50. The molecule has 1 amide bonds. The van der Waals surface area contributed by atoms with Crippen molar-refractivity contribution in [2.24, 2.45) is 0 Å². The van der Waals surface area contributed by atoms with Gasteiger partial charge in [0.2, 0.25) is 0 Å². The highest BCUT2D eigenvalue weighted by Crippen LogP contribution is 2.18. The summed E-state index contributed by atoms with van der Waals surface area (Å²) in [6.07, 6.45) is 2.92. The Kier molecular flexibility index (Phi) is 5.40. The van der Waals surface area contributed by atoms with Gasteiger partial charge in [-0.15, -0.1) is 0 Å². The highest BCUT2D eigenvalue weighted by atomic mass is 19.1. The van der Waals surface area contributed by atoms with E-state index in [0.29, 0.717) is 13.0 Å². The molecule has 1 unspecified atom stereocenters. The molecule has 0 bridgehead atoms. The monoisotopic (exact) mass is 288 g/mol. The molecule has 110 valence electrons. The van der Waals surface area contributed by atoms with Crippen LogP contribution >= 0.6 is 0 Å². The summed E-state index contributed by atoms with van der Waals surface area (Å²) < 4.78 is 13.0. The molecule has 0 saturated carbocycles. The number of rotatable bonds is 6. The smallest absolute Gasteiger partial charge is 0.252 e. The lowest BCUT2D eigenvalue weighted by atomic mass is 9.96. The Balaban J connectivity index is 2.00. The van der Waals surface area contributed by atoms with Gasteiger partial charge in [0.05, 0.1) is 11.8 Å². The van der Waals surface area contributed by atoms with Gasteiger partial charge in [0.25, 0.3) is 5.91 Å². The Hall–Kier alpha value is -2.27. The molecular formula is C16H17FN2O2. The average Bonchev–Trinajstić information content (AvgIpc) is 2.52. The topological polar surface area (TPSA) is 62.2 Å². The van der Waals surface area contributed by atoms with E-state index in [-0.39, 0.29) is 24.0 Å². The van der Waals surface area contributed by atoms with Crippen LogP contribution < -0.4 is 5.32 Å². The number of amides is 1. The Morgan fingerprint density at radius 2 is 2.05 bits per heavy atom. The third-order valence-electron chi connectivity index (χ3n) is 3.22. The Morgan fingerprint density at radius 3 is 2.71 bits per heavy atom. The molecule has 0 spiro atoms. The first-order valence-electron chi connectivity index (χ1n) is 6.75. The van der Waals surface area contributed by atoms with Gasteiger partial charge in [-0.3, -0.25) is 9.78 Å². The van der Waals surface area contributed by atoms with E-state index in [1.807, 2.05) is 30.3 Å². The lowest BCUT2D eigenvalue weighted by Crippen LogP contribution is -2.29. The fourth-order valence-corrected chi connectivity index (χ4v) is 2.12. The van der Waals surface area contributed by atoms with Crippen LogP contribution in [0.4, 0.5) is 4.39 Å². The van der Waals surface area contributed by atoms with E-state index in [9.17, 15) is 9.18 Å². The van der Waals surface area contributed by atoms with Crippen molar-refractivity contribution in [1.82, 2.24) is 10.3 Å². The molecule has 2 aromatic rings. The number of hydrogen-bond donors (Lipinski definition) is 2. The first-order valence-corrected chi connectivity index (χ1v) is 6.75. The molecular weight excluding hydrogens is 271 g/mol. The highest BCUT2D eigenvalue weighted by Gasteiger charge is 2.13. The van der Waals surface area contributed by atoms with E-state index in [0.717, 1.165) is 17.8 Å². The van der Waals surface area contributed by atoms with Crippen LogP contribution in [0.5, 0.6) is 0 Å². The van der Waals surface area contributed by atoms with Gasteiger partial charge in [-0.05, 0) is 18.1 Å². The number of benzene rings is 1. The molecule has 21 heavy (non-hydrogen) atoms. The number of carbonyl (C=O) groups excluding carboxylic acids is 1. The van der Waals surface area contributed by atoms with Crippen LogP contribution in [0.25, 0.3) is 0 Å². The summed E-state index contributed by atoms with van der Waals surface area (Å²) in [5.41, 5.74) is 1.23. The van der Waals surface area contributed by atoms with Crippen LogP contribution in [0.15, 0.2) is 48.8 Å². The molecule has 1 atom stereocenters. The molecule has 0 fully saturated rings. The number of aromatic nitrogens is 1. The fraction of sp³-hybridized carbons (Fsp3) is 0.250. The maximum atomic E-state index is 13.0. The van der Waals surface area contributed by atoms with Crippen molar-refractivity contribution in [3.8, 4) is 0 Å². The average molecular weight is 288 g/mol. The van der Waals surface area contributed by atoms with Gasteiger partial charge in [-0.25, -0.2) is 4.39 Å². The van der Waals surface area contributed by atoms with Crippen LogP contribution in [0, 0.1) is 5.82 Å². The summed E-state index contributed by atoms with van der Waals surface area (Å²) in [5.74, 6) is -0.903. The molecule has 0 saturated heterocycles. The molecule has 2 rings (SSSR count). The summed E-state index contributed by atoms with van der Waals surface area (Å²) in [4.78, 5) is 15.6. The minimum absolute atomic E-state index is 0.0154. The number of aliphatic hydroxyl groups excluding tert-OH is 1. The van der Waals surface area contributed by atoms with E-state index in [1.54, 1.807) is 0 Å². The fourth-order valence-electron chi connectivity index (χ4n) is 2.12. The lowest BCUT2D eigenvalue weighted by molar-refractivity contribution is 0.0948. The van der Waals surface area contributed by atoms with Gasteiger partial charge < -0.3 is 10.4 Å². The van der Waals surface area contributed by atoms with E-state index in [4.69, 9.17) is 5.11 Å². The predicted octanol–water partition coefficient (Wildman–Crippen LogP) is 2.12. The number of nitrogens with zero attached hydrogens (tertiary/aromatic N) is 1. The van der Waals surface area contributed by atoms with Crippen molar-refractivity contribution in [2.45, 2.75) is 12.3 Å². The van der Waals surface area contributed by atoms with Crippen molar-refractivity contribution in [3.05, 3.63) is 65.7 Å². The highest BCUT2D eigenvalue weighted by molar-refractivity contribution is 5.93. The molecule has 2 N–H and O–H groups in total.